The minimum Gasteiger partial charge on any atom is -0.497 e. The number of hydrogen-bond acceptors (Lipinski definition) is 6. The first kappa shape index (κ1) is 37.9. The third-order valence-electron chi connectivity index (χ3n) is 7.70. The molecule has 5 rings (SSSR count). The van der Waals surface area contributed by atoms with Gasteiger partial charge in [-0.2, -0.15) is 13.2 Å². The lowest BCUT2D eigenvalue weighted by atomic mass is 9.94. The van der Waals surface area contributed by atoms with Gasteiger partial charge in [-0.05, 0) is 93.9 Å². The van der Waals surface area contributed by atoms with Crippen LogP contribution < -0.4 is 15.4 Å². The Morgan fingerprint density at radius 1 is 0.923 bits per heavy atom. The van der Waals surface area contributed by atoms with Gasteiger partial charge in [-0.25, -0.2) is 13.6 Å². The second kappa shape index (κ2) is 15.1. The van der Waals surface area contributed by atoms with Crippen molar-refractivity contribution in [2.24, 2.45) is 5.16 Å². The van der Waals surface area contributed by atoms with Gasteiger partial charge >= 0.3 is 12.3 Å². The maximum atomic E-state index is 15.0. The molecule has 0 bridgehead atoms. The first-order valence-electron chi connectivity index (χ1n) is 15.9. The van der Waals surface area contributed by atoms with Crippen molar-refractivity contribution in [1.82, 2.24) is 4.90 Å². The van der Waals surface area contributed by atoms with E-state index in [1.54, 1.807) is 56.9 Å². The van der Waals surface area contributed by atoms with Crippen molar-refractivity contribution >= 4 is 40.8 Å². The molecule has 1 heterocycles. The van der Waals surface area contributed by atoms with Gasteiger partial charge < -0.3 is 24.5 Å². The maximum absolute atomic E-state index is 15.0. The van der Waals surface area contributed by atoms with Crippen LogP contribution in [-0.4, -0.2) is 42.1 Å². The number of halogens is 6. The van der Waals surface area contributed by atoms with Crippen molar-refractivity contribution in [2.75, 3.05) is 24.4 Å². The molecule has 0 aliphatic carbocycles. The lowest BCUT2D eigenvalue weighted by Crippen LogP contribution is -2.29. The predicted molar refractivity (Wildman–Crippen MR) is 186 cm³/mol. The highest BCUT2D eigenvalue weighted by Crippen LogP contribution is 2.47. The van der Waals surface area contributed by atoms with E-state index in [1.807, 2.05) is 0 Å². The first-order chi connectivity index (χ1) is 24.5. The molecule has 1 atom stereocenters. The Balaban J connectivity index is 1.75. The van der Waals surface area contributed by atoms with Crippen LogP contribution in [0.15, 0.2) is 78.0 Å². The number of hydrogen-bond donors (Lipinski definition) is 2. The highest BCUT2D eigenvalue weighted by molar-refractivity contribution is 6.31. The van der Waals surface area contributed by atoms with Crippen LogP contribution >= 0.6 is 11.6 Å². The molecule has 0 fully saturated rings. The van der Waals surface area contributed by atoms with Crippen LogP contribution in [0.3, 0.4) is 0 Å². The van der Waals surface area contributed by atoms with Gasteiger partial charge in [0.1, 0.15) is 29.6 Å². The van der Waals surface area contributed by atoms with Crippen molar-refractivity contribution in [1.29, 1.82) is 0 Å². The number of amidine groups is 1. The lowest BCUT2D eigenvalue weighted by molar-refractivity contribution is -0.137. The Labute approximate surface area is 301 Å². The Kier molecular flexibility index (Phi) is 11.0. The monoisotopic (exact) mass is 744 g/mol. The first-order valence-corrected chi connectivity index (χ1v) is 16.3. The van der Waals surface area contributed by atoms with Gasteiger partial charge in [0.25, 0.3) is 5.91 Å². The summed E-state index contributed by atoms with van der Waals surface area (Å²) in [6, 6.07) is 14.1. The summed E-state index contributed by atoms with van der Waals surface area (Å²) in [4.78, 5) is 33.9. The van der Waals surface area contributed by atoms with E-state index >= 15 is 0 Å². The minimum absolute atomic E-state index is 0.0434. The summed E-state index contributed by atoms with van der Waals surface area (Å²) >= 11 is 6.71. The quantitative estimate of drug-likeness (QED) is 0.131. The second-order valence-corrected chi connectivity index (χ2v) is 13.1. The summed E-state index contributed by atoms with van der Waals surface area (Å²) in [7, 11) is 1.52. The fourth-order valence-electron chi connectivity index (χ4n) is 5.61. The van der Waals surface area contributed by atoms with Gasteiger partial charge in [0.15, 0.2) is 5.84 Å². The molecule has 0 saturated heterocycles. The van der Waals surface area contributed by atoms with E-state index in [4.69, 9.17) is 25.9 Å². The summed E-state index contributed by atoms with van der Waals surface area (Å²) in [6.07, 6.45) is -5.80. The van der Waals surface area contributed by atoms with Gasteiger partial charge in [-0.1, -0.05) is 28.9 Å². The molecule has 4 aromatic rings. The lowest BCUT2D eigenvalue weighted by Gasteiger charge is -2.29. The van der Waals surface area contributed by atoms with Crippen LogP contribution in [0, 0.1) is 11.6 Å². The number of ether oxygens (including phenoxy) is 2. The zero-order valence-electron chi connectivity index (χ0n) is 28.6. The summed E-state index contributed by atoms with van der Waals surface area (Å²) in [5, 5.41) is 9.73. The summed E-state index contributed by atoms with van der Waals surface area (Å²) in [5.74, 6) is -2.25. The standard InChI is InChI=1S/C37H34ClF5N4O5/c1-6-51-46-33-28-17-25(44-35(49)52-36(2,3)4)18-30(45-34(48)21-13-22(37(41,42)43)15-24(40)14-21)31(28)32(27-16-23(39)9-12-29(27)38)47(33)19-20-7-10-26(50-5)11-8-20/h7-18,32H,6,19H2,1-5H3,(H,44,49)(H,45,48)/b46-33+. The Morgan fingerprint density at radius 3 is 2.27 bits per heavy atom. The minimum atomic E-state index is -4.94. The van der Waals surface area contributed by atoms with Gasteiger partial charge in [0.2, 0.25) is 0 Å². The van der Waals surface area contributed by atoms with Gasteiger partial charge in [0, 0.05) is 45.2 Å². The number of carbonyl (C=O) groups is 2. The number of nitrogens with one attached hydrogen (secondary N) is 2. The van der Waals surface area contributed by atoms with Crippen LogP contribution in [0.5, 0.6) is 5.75 Å². The molecule has 2 amide bonds. The number of fused-ring (bicyclic) bond motifs is 1. The largest absolute Gasteiger partial charge is 0.497 e. The topological polar surface area (TPSA) is 101 Å². The third-order valence-corrected chi connectivity index (χ3v) is 8.05. The van der Waals surface area contributed by atoms with E-state index in [-0.39, 0.29) is 58.1 Å². The van der Waals surface area contributed by atoms with E-state index in [9.17, 15) is 31.5 Å². The maximum Gasteiger partial charge on any atom is 0.416 e. The van der Waals surface area contributed by atoms with Crippen LogP contribution in [0.2, 0.25) is 5.02 Å². The number of methoxy groups -OCH3 is 1. The Bertz CT molecular complexity index is 2020. The number of carbonyl (C=O) groups excluding carboxylic acids is 2. The van der Waals surface area contributed by atoms with E-state index < -0.39 is 52.6 Å². The molecule has 1 aliphatic heterocycles. The van der Waals surface area contributed by atoms with Crippen molar-refractivity contribution < 1.29 is 45.9 Å². The van der Waals surface area contributed by atoms with E-state index in [2.05, 4.69) is 15.8 Å². The number of nitrogens with zero attached hydrogens (tertiary/aromatic N) is 2. The zero-order chi connectivity index (χ0) is 38.0. The van der Waals surface area contributed by atoms with Gasteiger partial charge in [0.05, 0.1) is 18.7 Å². The average molecular weight is 745 g/mol. The number of oxime groups is 1. The number of benzene rings is 4. The van der Waals surface area contributed by atoms with Gasteiger partial charge in [-0.3, -0.25) is 10.1 Å². The normalized spacial score (nSPS) is 14.9. The second-order valence-electron chi connectivity index (χ2n) is 12.7. The molecule has 0 radical (unpaired) electrons. The molecule has 52 heavy (non-hydrogen) atoms. The average Bonchev–Trinajstić information content (AvgIpc) is 3.35. The SMILES string of the molecule is CCO/N=C1\c2cc(NC(=O)OC(C)(C)C)cc(NC(=O)c3cc(F)cc(C(F)(F)F)c3)c2C(c2cc(F)ccc2Cl)N1Cc1ccc(OC)cc1. The number of amides is 2. The number of anilines is 2. The van der Waals surface area contributed by atoms with Crippen LogP contribution in [0.4, 0.5) is 38.1 Å². The number of rotatable bonds is 9. The highest BCUT2D eigenvalue weighted by Gasteiger charge is 2.41. The molecule has 1 unspecified atom stereocenters. The van der Waals surface area contributed by atoms with E-state index in [1.165, 1.54) is 37.4 Å². The van der Waals surface area contributed by atoms with Crippen LogP contribution in [-0.2, 0) is 22.3 Å². The smallest absolute Gasteiger partial charge is 0.416 e. The molecule has 0 spiro atoms. The molecule has 0 aromatic heterocycles. The Morgan fingerprint density at radius 2 is 1.63 bits per heavy atom. The summed E-state index contributed by atoms with van der Waals surface area (Å²) < 4.78 is 80.9. The highest BCUT2D eigenvalue weighted by atomic mass is 35.5. The molecular weight excluding hydrogens is 711 g/mol. The Hall–Kier alpha value is -5.37. The number of alkyl halides is 3. The molecule has 15 heteroatoms. The van der Waals surface area contributed by atoms with Crippen molar-refractivity contribution in [3.05, 3.63) is 123 Å². The molecule has 9 nitrogen and oxygen atoms in total. The molecule has 0 saturated carbocycles. The summed E-state index contributed by atoms with van der Waals surface area (Å²) in [5.41, 5.74) is -1.31. The molecule has 2 N–H and O–H groups in total. The zero-order valence-corrected chi connectivity index (χ0v) is 29.4. The fourth-order valence-corrected chi connectivity index (χ4v) is 5.83. The molecule has 4 aromatic carbocycles. The molecule has 274 valence electrons. The van der Waals surface area contributed by atoms with Crippen molar-refractivity contribution in [3.8, 4) is 5.75 Å². The van der Waals surface area contributed by atoms with E-state index in [0.29, 0.717) is 17.9 Å². The van der Waals surface area contributed by atoms with Crippen LogP contribution in [0.25, 0.3) is 0 Å². The van der Waals surface area contributed by atoms with Crippen LogP contribution in [0.1, 0.15) is 71.9 Å². The molecule has 1 aliphatic rings. The third kappa shape index (κ3) is 8.73. The van der Waals surface area contributed by atoms with Crippen molar-refractivity contribution in [2.45, 2.75) is 52.1 Å². The van der Waals surface area contributed by atoms with E-state index in [0.717, 1.165) is 5.56 Å². The summed E-state index contributed by atoms with van der Waals surface area (Å²) in [6.45, 7) is 6.93. The molecular formula is C37H34ClF5N4O5. The predicted octanol–water partition coefficient (Wildman–Crippen LogP) is 9.55. The fraction of sp³-hybridized carbons (Fsp3) is 0.270. The van der Waals surface area contributed by atoms with Gasteiger partial charge in [-0.15, -0.1) is 0 Å². The van der Waals surface area contributed by atoms with Crippen molar-refractivity contribution in [3.63, 3.8) is 0 Å².